The summed E-state index contributed by atoms with van der Waals surface area (Å²) in [5, 5.41) is 0. The van der Waals surface area contributed by atoms with Crippen molar-refractivity contribution < 1.29 is 89.8 Å². The molecule has 0 radical (unpaired) electrons. The van der Waals surface area contributed by atoms with Gasteiger partial charge in [0, 0.05) is 0 Å². The van der Waals surface area contributed by atoms with Gasteiger partial charge in [0.05, 0.1) is 4.90 Å². The molecular weight excluding hydrogens is 366 g/mol. The topological polar surface area (TPSA) is 124 Å². The summed E-state index contributed by atoms with van der Waals surface area (Å²) in [5.41, 5.74) is 0. The molecule has 0 aliphatic carbocycles. The van der Waals surface area contributed by atoms with Crippen molar-refractivity contribution in [1.29, 1.82) is 0 Å². The summed E-state index contributed by atoms with van der Waals surface area (Å²) in [6, 6.07) is 10.7. The van der Waals surface area contributed by atoms with Gasteiger partial charge in [-0.15, -0.1) is 0 Å². The zero-order valence-corrected chi connectivity index (χ0v) is 17.9. The number of hydrogen-bond donors (Lipinski definition) is 0. The minimum Gasteiger partial charge on any atom is -0.744 e. The van der Waals surface area contributed by atoms with E-state index >= 15 is 0 Å². The third-order valence-electron chi connectivity index (χ3n) is 2.43. The number of hydrogen-bond acceptors (Lipinski definition) is 7. The number of benzene rings is 2. The summed E-state index contributed by atoms with van der Waals surface area (Å²) in [5.74, 6) is -0.337. The van der Waals surface area contributed by atoms with Crippen LogP contribution in [0.4, 0.5) is 0 Å². The minimum atomic E-state index is -5.22. The average Bonchev–Trinajstić information content (AvgIpc) is 2.37. The number of para-hydroxylation sites is 1. The number of ether oxygens (including phenoxy) is 1. The summed E-state index contributed by atoms with van der Waals surface area (Å²) in [6.45, 7) is 0. The second kappa shape index (κ2) is 8.95. The van der Waals surface area contributed by atoms with Crippen LogP contribution in [0.25, 0.3) is 0 Å². The van der Waals surface area contributed by atoms with E-state index in [-0.39, 0.29) is 64.9 Å². The quantitative estimate of drug-likeness (QED) is 0.389. The van der Waals surface area contributed by atoms with Crippen LogP contribution in [-0.4, -0.2) is 25.9 Å². The van der Waals surface area contributed by atoms with E-state index in [1.54, 1.807) is 18.2 Å². The normalized spacial score (nSPS) is 11.0. The Labute approximate surface area is 178 Å². The summed E-state index contributed by atoms with van der Waals surface area (Å²) in [4.78, 5) is -2.32. The van der Waals surface area contributed by atoms with Crippen molar-refractivity contribution in [3.8, 4) is 11.5 Å². The molecule has 0 saturated heterocycles. The molecule has 2 rings (SSSR count). The van der Waals surface area contributed by atoms with Crippen molar-refractivity contribution in [3.63, 3.8) is 0 Å². The molecule has 0 fully saturated rings. The first-order chi connectivity index (χ1) is 9.69. The van der Waals surface area contributed by atoms with E-state index < -0.39 is 35.8 Å². The maximum absolute atomic E-state index is 11.3. The fraction of sp³-hybridized carbons (Fsp3) is 0. The predicted molar refractivity (Wildman–Crippen MR) is 68.9 cm³/mol. The molecule has 0 N–H and O–H groups in total. The maximum atomic E-state index is 11.3. The SMILES string of the molecule is O=S(=O)([O-])c1cccc(Oc2ccccc2)c1S(=O)(=O)[O-].[Na+].[Na+]. The van der Waals surface area contributed by atoms with Gasteiger partial charge in [-0.05, 0) is 24.3 Å². The fourth-order valence-corrected chi connectivity index (χ4v) is 3.49. The second-order valence-electron chi connectivity index (χ2n) is 3.91. The Kier molecular flexibility index (Phi) is 8.98. The number of rotatable bonds is 4. The molecule has 2 aromatic carbocycles. The van der Waals surface area contributed by atoms with Crippen molar-refractivity contribution in [3.05, 3.63) is 48.5 Å². The van der Waals surface area contributed by atoms with Crippen LogP contribution >= 0.6 is 0 Å². The minimum absolute atomic E-state index is 0. The van der Waals surface area contributed by atoms with Crippen molar-refractivity contribution in [2.24, 2.45) is 0 Å². The van der Waals surface area contributed by atoms with Crippen LogP contribution in [0.15, 0.2) is 58.3 Å². The molecule has 0 aromatic heterocycles. The molecule has 11 heteroatoms. The standard InChI is InChI=1S/C12H10O7S2.2Na/c13-20(14,15)11-8-4-7-10(12(11)21(16,17)18)19-9-5-2-1-3-6-9;;/h1-8H,(H,13,14,15)(H,16,17,18);;/q;2*+1/p-2. The van der Waals surface area contributed by atoms with E-state index in [1.165, 1.54) is 12.1 Å². The Hall–Kier alpha value is 0.0600. The second-order valence-corrected chi connectivity index (χ2v) is 6.57. The Morgan fingerprint density at radius 3 is 1.78 bits per heavy atom. The van der Waals surface area contributed by atoms with Crippen molar-refractivity contribution in [2.75, 3.05) is 0 Å². The fourth-order valence-electron chi connectivity index (χ4n) is 1.63. The summed E-state index contributed by atoms with van der Waals surface area (Å²) >= 11 is 0. The molecule has 0 amide bonds. The van der Waals surface area contributed by atoms with Crippen LogP contribution in [0.5, 0.6) is 11.5 Å². The molecule has 0 aliphatic rings. The van der Waals surface area contributed by atoms with Gasteiger partial charge in [0.25, 0.3) is 0 Å². The van der Waals surface area contributed by atoms with E-state index in [1.807, 2.05) is 0 Å². The van der Waals surface area contributed by atoms with Gasteiger partial charge < -0.3 is 13.8 Å². The van der Waals surface area contributed by atoms with E-state index in [9.17, 15) is 25.9 Å². The monoisotopic (exact) mass is 374 g/mol. The molecule has 0 bridgehead atoms. The Balaban J connectivity index is 0.00000242. The van der Waals surface area contributed by atoms with Crippen molar-refractivity contribution >= 4 is 20.2 Å². The molecule has 23 heavy (non-hydrogen) atoms. The third-order valence-corrected chi connectivity index (χ3v) is 4.36. The van der Waals surface area contributed by atoms with Crippen LogP contribution in [0, 0.1) is 0 Å². The average molecular weight is 374 g/mol. The first-order valence-electron chi connectivity index (χ1n) is 5.47. The van der Waals surface area contributed by atoms with Gasteiger partial charge in [-0.3, -0.25) is 0 Å². The molecule has 0 saturated carbocycles. The molecule has 0 spiro atoms. The summed E-state index contributed by atoms with van der Waals surface area (Å²) in [6.07, 6.45) is 0. The molecule has 0 unspecified atom stereocenters. The first kappa shape index (κ1) is 23.1. The Morgan fingerprint density at radius 1 is 0.739 bits per heavy atom. The van der Waals surface area contributed by atoms with Gasteiger partial charge in [-0.25, -0.2) is 16.8 Å². The van der Waals surface area contributed by atoms with Gasteiger partial charge in [0.2, 0.25) is 0 Å². The predicted octanol–water partition coefficient (Wildman–Crippen LogP) is -4.70. The third kappa shape index (κ3) is 6.13. The molecule has 7 nitrogen and oxygen atoms in total. The smallest absolute Gasteiger partial charge is 0.744 e. The van der Waals surface area contributed by atoms with Gasteiger partial charge >= 0.3 is 59.1 Å². The Morgan fingerprint density at radius 2 is 1.30 bits per heavy atom. The van der Waals surface area contributed by atoms with Gasteiger partial charge in [0.15, 0.2) is 0 Å². The zero-order chi connectivity index (χ0) is 15.7. The maximum Gasteiger partial charge on any atom is 1.00 e. The van der Waals surface area contributed by atoms with Crippen LogP contribution in [0.2, 0.25) is 0 Å². The van der Waals surface area contributed by atoms with Gasteiger partial charge in [0.1, 0.15) is 36.6 Å². The molecule has 112 valence electrons. The first-order valence-corrected chi connectivity index (χ1v) is 8.29. The summed E-state index contributed by atoms with van der Waals surface area (Å²) in [7, 11) is -10.4. The van der Waals surface area contributed by atoms with Crippen LogP contribution in [0.3, 0.4) is 0 Å². The zero-order valence-electron chi connectivity index (χ0n) is 12.3. The van der Waals surface area contributed by atoms with Crippen molar-refractivity contribution in [2.45, 2.75) is 9.79 Å². The molecule has 0 atom stereocenters. The summed E-state index contributed by atoms with van der Waals surface area (Å²) < 4.78 is 72.3. The molecular formula is C12H8Na2O7S2. The van der Waals surface area contributed by atoms with Crippen LogP contribution in [0.1, 0.15) is 0 Å². The molecule has 2 aromatic rings. The van der Waals surface area contributed by atoms with Gasteiger partial charge in [-0.1, -0.05) is 24.3 Å². The largest absolute Gasteiger partial charge is 1.00 e. The molecule has 0 aliphatic heterocycles. The van der Waals surface area contributed by atoms with Crippen LogP contribution < -0.4 is 63.9 Å². The van der Waals surface area contributed by atoms with E-state index in [4.69, 9.17) is 4.74 Å². The van der Waals surface area contributed by atoms with E-state index in [0.717, 1.165) is 18.2 Å². The van der Waals surface area contributed by atoms with Crippen molar-refractivity contribution in [1.82, 2.24) is 0 Å². The van der Waals surface area contributed by atoms with Crippen LogP contribution in [-0.2, 0) is 20.2 Å². The van der Waals surface area contributed by atoms with E-state index in [2.05, 4.69) is 0 Å². The Bertz CT molecular complexity index is 866. The molecule has 0 heterocycles. The van der Waals surface area contributed by atoms with Gasteiger partial charge in [-0.2, -0.15) is 0 Å². The van der Waals surface area contributed by atoms with E-state index in [0.29, 0.717) is 0 Å².